The number of nitrogens with one attached hydrogen (secondary N) is 2. The van der Waals surface area contributed by atoms with Crippen LogP contribution >= 0.6 is 11.3 Å². The molecule has 0 aliphatic carbocycles. The van der Waals surface area contributed by atoms with Gasteiger partial charge in [0.15, 0.2) is 5.96 Å². The Hall–Kier alpha value is -2.08. The van der Waals surface area contributed by atoms with Gasteiger partial charge in [0.05, 0.1) is 24.4 Å². The van der Waals surface area contributed by atoms with Crippen LogP contribution in [0.5, 0.6) is 5.75 Å². The highest BCUT2D eigenvalue weighted by atomic mass is 32.1. The summed E-state index contributed by atoms with van der Waals surface area (Å²) in [6.45, 7) is 10.5. The molecule has 0 unspecified atom stereocenters. The summed E-state index contributed by atoms with van der Waals surface area (Å²) >= 11 is 1.71. The second-order valence-electron chi connectivity index (χ2n) is 5.92. The predicted molar refractivity (Wildman–Crippen MR) is 106 cm³/mol. The van der Waals surface area contributed by atoms with E-state index in [0.29, 0.717) is 6.54 Å². The minimum atomic E-state index is 0.658. The van der Waals surface area contributed by atoms with Crippen molar-refractivity contribution in [3.8, 4) is 5.75 Å². The van der Waals surface area contributed by atoms with Gasteiger partial charge in [0.1, 0.15) is 5.75 Å². The number of guanidine groups is 1. The molecule has 1 heterocycles. The van der Waals surface area contributed by atoms with Gasteiger partial charge in [-0.05, 0) is 51.3 Å². The van der Waals surface area contributed by atoms with Crippen LogP contribution in [0, 0.1) is 20.8 Å². The number of aliphatic imine (C=N–C) groups is 1. The Bertz CT molecular complexity index is 724. The third-order valence-corrected chi connectivity index (χ3v) is 4.96. The van der Waals surface area contributed by atoms with E-state index in [4.69, 9.17) is 4.74 Å². The Morgan fingerprint density at radius 3 is 2.68 bits per heavy atom. The Kier molecular flexibility index (Phi) is 7.25. The van der Waals surface area contributed by atoms with E-state index in [9.17, 15) is 0 Å². The maximum atomic E-state index is 5.39. The maximum absolute atomic E-state index is 5.39. The zero-order chi connectivity index (χ0) is 18.2. The van der Waals surface area contributed by atoms with Crippen molar-refractivity contribution in [2.45, 2.75) is 40.7 Å². The summed E-state index contributed by atoms with van der Waals surface area (Å²) in [6.07, 6.45) is 0.916. The van der Waals surface area contributed by atoms with Crippen molar-refractivity contribution in [1.29, 1.82) is 0 Å². The minimum Gasteiger partial charge on any atom is -0.496 e. The molecule has 136 valence electrons. The highest BCUT2D eigenvalue weighted by Crippen LogP contribution is 2.19. The summed E-state index contributed by atoms with van der Waals surface area (Å²) in [7, 11) is 1.71. The van der Waals surface area contributed by atoms with Gasteiger partial charge in [-0.25, -0.2) is 9.98 Å². The Morgan fingerprint density at radius 1 is 1.24 bits per heavy atom. The molecule has 0 amide bonds. The van der Waals surface area contributed by atoms with Crippen molar-refractivity contribution < 1.29 is 4.74 Å². The molecule has 0 saturated heterocycles. The number of ether oxygens (including phenoxy) is 1. The minimum absolute atomic E-state index is 0.658. The summed E-state index contributed by atoms with van der Waals surface area (Å²) < 4.78 is 5.39. The molecule has 0 fully saturated rings. The molecular weight excluding hydrogens is 332 g/mol. The van der Waals surface area contributed by atoms with E-state index in [1.54, 1.807) is 18.4 Å². The van der Waals surface area contributed by atoms with Gasteiger partial charge in [0, 0.05) is 18.0 Å². The molecule has 6 heteroatoms. The molecule has 25 heavy (non-hydrogen) atoms. The molecule has 1 aromatic carbocycles. The summed E-state index contributed by atoms with van der Waals surface area (Å²) in [4.78, 5) is 10.4. The standard InChI is InChI=1S/C19H28N4OS/c1-6-20-19(22-12-18-14(3)23-15(4)25-18)21-10-9-16-8-7-13(2)17(11-16)24-5/h7-8,11H,6,9-10,12H2,1-5H3,(H2,20,21,22). The van der Waals surface area contributed by atoms with E-state index in [1.807, 2.05) is 13.8 Å². The van der Waals surface area contributed by atoms with Gasteiger partial charge in [-0.3, -0.25) is 0 Å². The van der Waals surface area contributed by atoms with Crippen molar-refractivity contribution in [2.24, 2.45) is 4.99 Å². The van der Waals surface area contributed by atoms with Gasteiger partial charge in [-0.2, -0.15) is 0 Å². The number of nitrogens with zero attached hydrogens (tertiary/aromatic N) is 2. The fourth-order valence-electron chi connectivity index (χ4n) is 2.56. The fourth-order valence-corrected chi connectivity index (χ4v) is 3.42. The molecular formula is C19H28N4OS. The number of methoxy groups -OCH3 is 1. The number of hydrogen-bond acceptors (Lipinski definition) is 4. The average Bonchev–Trinajstić information content (AvgIpc) is 2.91. The van der Waals surface area contributed by atoms with Crippen LogP contribution in [0.2, 0.25) is 0 Å². The molecule has 2 rings (SSSR count). The van der Waals surface area contributed by atoms with Gasteiger partial charge < -0.3 is 15.4 Å². The first kappa shape index (κ1) is 19.2. The van der Waals surface area contributed by atoms with Crippen LogP contribution < -0.4 is 15.4 Å². The monoisotopic (exact) mass is 360 g/mol. The lowest BCUT2D eigenvalue weighted by Gasteiger charge is -2.12. The fraction of sp³-hybridized carbons (Fsp3) is 0.474. The second kappa shape index (κ2) is 9.42. The van der Waals surface area contributed by atoms with E-state index in [-0.39, 0.29) is 0 Å². The molecule has 0 radical (unpaired) electrons. The van der Waals surface area contributed by atoms with E-state index < -0.39 is 0 Å². The first-order chi connectivity index (χ1) is 12.0. The molecule has 0 saturated carbocycles. The van der Waals surface area contributed by atoms with Gasteiger partial charge >= 0.3 is 0 Å². The summed E-state index contributed by atoms with van der Waals surface area (Å²) in [5, 5.41) is 7.79. The van der Waals surface area contributed by atoms with Crippen LogP contribution in [0.15, 0.2) is 23.2 Å². The second-order valence-corrected chi connectivity index (χ2v) is 7.21. The lowest BCUT2D eigenvalue weighted by atomic mass is 10.1. The number of aryl methyl sites for hydroxylation is 3. The molecule has 0 aliphatic heterocycles. The lowest BCUT2D eigenvalue weighted by Crippen LogP contribution is -2.38. The number of benzene rings is 1. The quantitative estimate of drug-likeness (QED) is 0.587. The van der Waals surface area contributed by atoms with Crippen molar-refractivity contribution in [3.63, 3.8) is 0 Å². The van der Waals surface area contributed by atoms with Crippen LogP contribution in [0.3, 0.4) is 0 Å². The molecule has 2 aromatic rings. The Balaban J connectivity index is 1.92. The summed E-state index contributed by atoms with van der Waals surface area (Å²) in [5.41, 5.74) is 3.48. The van der Waals surface area contributed by atoms with Gasteiger partial charge in [-0.1, -0.05) is 12.1 Å². The van der Waals surface area contributed by atoms with Crippen LogP contribution in [0.25, 0.3) is 0 Å². The number of thiazole rings is 1. The molecule has 5 nitrogen and oxygen atoms in total. The van der Waals surface area contributed by atoms with E-state index >= 15 is 0 Å². The molecule has 0 aliphatic rings. The SMILES string of the molecule is CCNC(=NCc1sc(C)nc1C)NCCc1ccc(C)c(OC)c1. The molecule has 1 aromatic heterocycles. The zero-order valence-corrected chi connectivity index (χ0v) is 16.6. The number of rotatable bonds is 7. The molecule has 2 N–H and O–H groups in total. The van der Waals surface area contributed by atoms with Crippen LogP contribution in [0.4, 0.5) is 0 Å². The van der Waals surface area contributed by atoms with Crippen molar-refractivity contribution >= 4 is 17.3 Å². The normalized spacial score (nSPS) is 11.5. The molecule has 0 atom stereocenters. The van der Waals surface area contributed by atoms with Crippen molar-refractivity contribution in [1.82, 2.24) is 15.6 Å². The summed E-state index contributed by atoms with van der Waals surface area (Å²) in [5.74, 6) is 1.78. The van der Waals surface area contributed by atoms with Gasteiger partial charge in [0.25, 0.3) is 0 Å². The highest BCUT2D eigenvalue weighted by molar-refractivity contribution is 7.11. The first-order valence-corrected chi connectivity index (χ1v) is 9.43. The molecule has 0 bridgehead atoms. The van der Waals surface area contributed by atoms with E-state index in [0.717, 1.165) is 47.5 Å². The summed E-state index contributed by atoms with van der Waals surface area (Å²) in [6, 6.07) is 6.35. The van der Waals surface area contributed by atoms with E-state index in [1.165, 1.54) is 10.4 Å². The molecule has 0 spiro atoms. The predicted octanol–water partition coefficient (Wildman–Crippen LogP) is 3.37. The lowest BCUT2D eigenvalue weighted by molar-refractivity contribution is 0.411. The zero-order valence-electron chi connectivity index (χ0n) is 15.8. The van der Waals surface area contributed by atoms with Crippen LogP contribution in [-0.4, -0.2) is 31.1 Å². The van der Waals surface area contributed by atoms with Crippen molar-refractivity contribution in [2.75, 3.05) is 20.2 Å². The van der Waals surface area contributed by atoms with Crippen LogP contribution in [0.1, 0.15) is 33.6 Å². The smallest absolute Gasteiger partial charge is 0.191 e. The maximum Gasteiger partial charge on any atom is 0.191 e. The topological polar surface area (TPSA) is 58.5 Å². The average molecular weight is 361 g/mol. The third-order valence-electron chi connectivity index (χ3n) is 3.90. The Labute approximate surface area is 154 Å². The Morgan fingerprint density at radius 2 is 2.04 bits per heavy atom. The largest absolute Gasteiger partial charge is 0.496 e. The number of aromatic nitrogens is 1. The van der Waals surface area contributed by atoms with Crippen molar-refractivity contribution in [3.05, 3.63) is 44.9 Å². The van der Waals surface area contributed by atoms with Gasteiger partial charge in [-0.15, -0.1) is 11.3 Å². The van der Waals surface area contributed by atoms with Crippen LogP contribution in [-0.2, 0) is 13.0 Å². The number of hydrogen-bond donors (Lipinski definition) is 2. The van der Waals surface area contributed by atoms with Gasteiger partial charge in [0.2, 0.25) is 0 Å². The first-order valence-electron chi connectivity index (χ1n) is 8.62. The third kappa shape index (κ3) is 5.74. The van der Waals surface area contributed by atoms with E-state index in [2.05, 4.69) is 52.7 Å². The highest BCUT2D eigenvalue weighted by Gasteiger charge is 2.05.